The maximum absolute atomic E-state index is 9.61. The fourth-order valence-electron chi connectivity index (χ4n) is 1.88. The third kappa shape index (κ3) is 2.56. The molecule has 3 nitrogen and oxygen atoms in total. The van der Waals surface area contributed by atoms with Crippen molar-refractivity contribution in [2.75, 3.05) is 11.1 Å². The zero-order valence-electron chi connectivity index (χ0n) is 10.7. The standard InChI is InChI=1S/C15H18N2O/c1-10-8-15(18)11(2)7-14(10)17-9-12-5-3-4-6-13(12)16/h3-8,17-18H,9,16H2,1-2H3. The van der Waals surface area contributed by atoms with E-state index >= 15 is 0 Å². The van der Waals surface area contributed by atoms with E-state index in [1.165, 1.54) is 0 Å². The summed E-state index contributed by atoms with van der Waals surface area (Å²) in [7, 11) is 0. The molecule has 18 heavy (non-hydrogen) atoms. The lowest BCUT2D eigenvalue weighted by atomic mass is 10.1. The molecule has 94 valence electrons. The highest BCUT2D eigenvalue weighted by Gasteiger charge is 2.04. The van der Waals surface area contributed by atoms with Gasteiger partial charge in [-0.3, -0.25) is 0 Å². The molecule has 0 unspecified atom stereocenters. The number of anilines is 2. The number of rotatable bonds is 3. The van der Waals surface area contributed by atoms with Crippen LogP contribution in [-0.2, 0) is 6.54 Å². The zero-order valence-corrected chi connectivity index (χ0v) is 10.7. The molecule has 0 radical (unpaired) electrons. The molecule has 0 aromatic heterocycles. The average molecular weight is 242 g/mol. The van der Waals surface area contributed by atoms with Gasteiger partial charge in [-0.25, -0.2) is 0 Å². The summed E-state index contributed by atoms with van der Waals surface area (Å²) >= 11 is 0. The van der Waals surface area contributed by atoms with Crippen molar-refractivity contribution in [1.82, 2.24) is 0 Å². The third-order valence-corrected chi connectivity index (χ3v) is 3.07. The number of benzene rings is 2. The summed E-state index contributed by atoms with van der Waals surface area (Å²) in [5, 5.41) is 13.0. The lowest BCUT2D eigenvalue weighted by Gasteiger charge is -2.12. The largest absolute Gasteiger partial charge is 0.508 e. The first-order valence-electron chi connectivity index (χ1n) is 5.95. The van der Waals surface area contributed by atoms with Crippen molar-refractivity contribution in [1.29, 1.82) is 0 Å². The summed E-state index contributed by atoms with van der Waals surface area (Å²) in [6.07, 6.45) is 0. The molecule has 0 saturated heterocycles. The Labute approximate surface area is 107 Å². The second kappa shape index (κ2) is 5.00. The molecule has 0 atom stereocenters. The van der Waals surface area contributed by atoms with Crippen LogP contribution in [0, 0.1) is 13.8 Å². The van der Waals surface area contributed by atoms with Gasteiger partial charge < -0.3 is 16.2 Å². The van der Waals surface area contributed by atoms with Gasteiger partial charge in [0.1, 0.15) is 5.75 Å². The highest BCUT2D eigenvalue weighted by atomic mass is 16.3. The normalized spacial score (nSPS) is 10.3. The Morgan fingerprint density at radius 1 is 1.11 bits per heavy atom. The highest BCUT2D eigenvalue weighted by Crippen LogP contribution is 2.25. The van der Waals surface area contributed by atoms with Crippen molar-refractivity contribution in [3.8, 4) is 5.75 Å². The molecule has 0 spiro atoms. The zero-order chi connectivity index (χ0) is 13.1. The van der Waals surface area contributed by atoms with Crippen molar-refractivity contribution in [2.45, 2.75) is 20.4 Å². The van der Waals surface area contributed by atoms with E-state index in [0.29, 0.717) is 12.3 Å². The summed E-state index contributed by atoms with van der Waals surface area (Å²) < 4.78 is 0. The van der Waals surface area contributed by atoms with Crippen LogP contribution in [0.4, 0.5) is 11.4 Å². The lowest BCUT2D eigenvalue weighted by Crippen LogP contribution is -2.04. The van der Waals surface area contributed by atoms with Crippen LogP contribution in [0.3, 0.4) is 0 Å². The van der Waals surface area contributed by atoms with Gasteiger partial charge in [0.15, 0.2) is 0 Å². The molecule has 0 heterocycles. The Morgan fingerprint density at radius 2 is 1.83 bits per heavy atom. The van der Waals surface area contributed by atoms with Crippen LogP contribution in [0.2, 0.25) is 0 Å². The molecule has 2 aromatic carbocycles. The van der Waals surface area contributed by atoms with Crippen molar-refractivity contribution in [3.05, 3.63) is 53.1 Å². The Balaban J connectivity index is 2.16. The number of nitrogen functional groups attached to an aromatic ring is 1. The first-order chi connectivity index (χ1) is 8.58. The third-order valence-electron chi connectivity index (χ3n) is 3.07. The molecule has 0 aliphatic rings. The fourth-order valence-corrected chi connectivity index (χ4v) is 1.88. The summed E-state index contributed by atoms with van der Waals surface area (Å²) in [4.78, 5) is 0. The summed E-state index contributed by atoms with van der Waals surface area (Å²) in [5.74, 6) is 0.331. The predicted molar refractivity (Wildman–Crippen MR) is 75.8 cm³/mol. The molecule has 0 amide bonds. The van der Waals surface area contributed by atoms with Gasteiger partial charge in [0.2, 0.25) is 0 Å². The number of hydrogen-bond acceptors (Lipinski definition) is 3. The van der Waals surface area contributed by atoms with E-state index in [0.717, 1.165) is 28.1 Å². The van der Waals surface area contributed by atoms with Crippen LogP contribution in [-0.4, -0.2) is 5.11 Å². The smallest absolute Gasteiger partial charge is 0.118 e. The molecular formula is C15H18N2O. The van der Waals surface area contributed by atoms with Gasteiger partial charge in [0.05, 0.1) is 0 Å². The van der Waals surface area contributed by atoms with E-state index in [2.05, 4.69) is 5.32 Å². The number of para-hydroxylation sites is 1. The Hall–Kier alpha value is -2.16. The molecule has 2 rings (SSSR count). The quantitative estimate of drug-likeness (QED) is 0.572. The van der Waals surface area contributed by atoms with E-state index in [4.69, 9.17) is 5.73 Å². The van der Waals surface area contributed by atoms with Crippen LogP contribution in [0.25, 0.3) is 0 Å². The summed E-state index contributed by atoms with van der Waals surface area (Å²) in [5.41, 5.74) is 10.7. The lowest BCUT2D eigenvalue weighted by molar-refractivity contribution is 0.471. The Bertz CT molecular complexity index is 564. The molecule has 0 saturated carbocycles. The second-order valence-corrected chi connectivity index (χ2v) is 4.51. The number of nitrogens with two attached hydrogens (primary N) is 1. The molecule has 0 aliphatic carbocycles. The Kier molecular flexibility index (Phi) is 3.42. The van der Waals surface area contributed by atoms with Crippen molar-refractivity contribution in [3.63, 3.8) is 0 Å². The maximum atomic E-state index is 9.61. The molecule has 3 heteroatoms. The minimum absolute atomic E-state index is 0.331. The second-order valence-electron chi connectivity index (χ2n) is 4.51. The molecule has 2 aromatic rings. The van der Waals surface area contributed by atoms with Gasteiger partial charge in [0.25, 0.3) is 0 Å². The van der Waals surface area contributed by atoms with Crippen LogP contribution in [0.5, 0.6) is 5.75 Å². The van der Waals surface area contributed by atoms with Crippen molar-refractivity contribution >= 4 is 11.4 Å². The molecule has 0 aliphatic heterocycles. The molecule has 4 N–H and O–H groups in total. The maximum Gasteiger partial charge on any atom is 0.118 e. The number of phenols is 1. The van der Waals surface area contributed by atoms with E-state index in [1.54, 1.807) is 6.07 Å². The van der Waals surface area contributed by atoms with Gasteiger partial charge in [-0.1, -0.05) is 18.2 Å². The fraction of sp³-hybridized carbons (Fsp3) is 0.200. The first kappa shape index (κ1) is 12.3. The first-order valence-corrected chi connectivity index (χ1v) is 5.95. The SMILES string of the molecule is Cc1cc(NCc2ccccc2N)c(C)cc1O. The topological polar surface area (TPSA) is 58.3 Å². The minimum atomic E-state index is 0.331. The minimum Gasteiger partial charge on any atom is -0.508 e. The summed E-state index contributed by atoms with van der Waals surface area (Å²) in [6, 6.07) is 11.5. The summed E-state index contributed by atoms with van der Waals surface area (Å²) in [6.45, 7) is 4.53. The van der Waals surface area contributed by atoms with Crippen LogP contribution in [0.1, 0.15) is 16.7 Å². The van der Waals surface area contributed by atoms with Crippen LogP contribution in [0.15, 0.2) is 36.4 Å². The monoisotopic (exact) mass is 242 g/mol. The highest BCUT2D eigenvalue weighted by molar-refractivity contribution is 5.58. The van der Waals surface area contributed by atoms with Gasteiger partial charge >= 0.3 is 0 Å². The molecule has 0 bridgehead atoms. The molecule has 0 fully saturated rings. The van der Waals surface area contributed by atoms with E-state index in [1.807, 2.05) is 44.2 Å². The number of aryl methyl sites for hydroxylation is 2. The molecular weight excluding hydrogens is 224 g/mol. The van der Waals surface area contributed by atoms with Gasteiger partial charge in [0, 0.05) is 17.9 Å². The average Bonchev–Trinajstić information content (AvgIpc) is 2.34. The number of phenolic OH excluding ortho intramolecular Hbond substituents is 1. The predicted octanol–water partition coefficient (Wildman–Crippen LogP) is 3.20. The van der Waals surface area contributed by atoms with Crippen LogP contribution < -0.4 is 11.1 Å². The van der Waals surface area contributed by atoms with Gasteiger partial charge in [-0.15, -0.1) is 0 Å². The van der Waals surface area contributed by atoms with E-state index in [-0.39, 0.29) is 0 Å². The number of hydrogen-bond donors (Lipinski definition) is 3. The van der Waals surface area contributed by atoms with Crippen LogP contribution >= 0.6 is 0 Å². The van der Waals surface area contributed by atoms with Gasteiger partial charge in [-0.05, 0) is 48.7 Å². The van der Waals surface area contributed by atoms with Gasteiger partial charge in [-0.2, -0.15) is 0 Å². The van der Waals surface area contributed by atoms with Crippen molar-refractivity contribution in [2.24, 2.45) is 0 Å². The Morgan fingerprint density at radius 3 is 2.56 bits per heavy atom. The number of nitrogens with one attached hydrogen (secondary N) is 1. The number of aromatic hydroxyl groups is 1. The van der Waals surface area contributed by atoms with E-state index in [9.17, 15) is 5.11 Å². The van der Waals surface area contributed by atoms with E-state index < -0.39 is 0 Å². The van der Waals surface area contributed by atoms with Crippen molar-refractivity contribution < 1.29 is 5.11 Å².